The maximum atomic E-state index is 11.5. The number of rotatable bonds is 5. The summed E-state index contributed by atoms with van der Waals surface area (Å²) in [7, 11) is 0. The van der Waals surface area contributed by atoms with E-state index in [2.05, 4.69) is 0 Å². The average molecular weight is 245 g/mol. The number of cyclic esters (lactones) is 1. The number of ether oxygens (including phenoxy) is 2. The van der Waals surface area contributed by atoms with Crippen LogP contribution in [0, 0.1) is 5.92 Å². The highest BCUT2D eigenvalue weighted by atomic mass is 16.6. The van der Waals surface area contributed by atoms with Gasteiger partial charge in [0.15, 0.2) is 6.10 Å². The van der Waals surface area contributed by atoms with Crippen molar-refractivity contribution in [1.29, 1.82) is 0 Å². The third kappa shape index (κ3) is 4.20. The fraction of sp³-hybridized carbons (Fsp3) is 0.800. The van der Waals surface area contributed by atoms with Crippen molar-refractivity contribution < 1.29 is 19.1 Å². The van der Waals surface area contributed by atoms with Gasteiger partial charge in [0, 0.05) is 0 Å². The number of esters is 1. The summed E-state index contributed by atoms with van der Waals surface area (Å²) in [6, 6.07) is -0.638. The predicted molar refractivity (Wildman–Crippen MR) is 59.6 cm³/mol. The van der Waals surface area contributed by atoms with Gasteiger partial charge in [-0.2, -0.15) is 0 Å². The molecule has 0 spiro atoms. The van der Waals surface area contributed by atoms with Crippen LogP contribution < -0.4 is 11.6 Å². The number of nitrogens with zero attached hydrogens (tertiary/aromatic N) is 1. The molecule has 1 amide bonds. The summed E-state index contributed by atoms with van der Waals surface area (Å²) in [6.45, 7) is 4.14. The van der Waals surface area contributed by atoms with E-state index in [-0.39, 0.29) is 13.2 Å². The van der Waals surface area contributed by atoms with Gasteiger partial charge in [0.1, 0.15) is 12.6 Å². The molecule has 1 saturated heterocycles. The van der Waals surface area contributed by atoms with E-state index in [1.807, 2.05) is 13.8 Å². The van der Waals surface area contributed by atoms with Crippen LogP contribution in [0.5, 0.6) is 0 Å². The molecule has 17 heavy (non-hydrogen) atoms. The molecule has 2 atom stereocenters. The lowest BCUT2D eigenvalue weighted by atomic mass is 10.1. The minimum absolute atomic E-state index is 0.00985. The van der Waals surface area contributed by atoms with E-state index < -0.39 is 24.2 Å². The molecule has 1 aliphatic rings. The number of nitrogens with two attached hydrogens (primary N) is 2. The van der Waals surface area contributed by atoms with Crippen LogP contribution in [0.1, 0.15) is 20.3 Å². The smallest absolute Gasteiger partial charge is 0.424 e. The zero-order chi connectivity index (χ0) is 13.0. The Morgan fingerprint density at radius 2 is 2.29 bits per heavy atom. The minimum atomic E-state index is -0.638. The molecule has 0 radical (unpaired) electrons. The van der Waals surface area contributed by atoms with E-state index in [0.29, 0.717) is 12.3 Å². The van der Waals surface area contributed by atoms with Gasteiger partial charge in [-0.1, -0.05) is 13.8 Å². The molecular formula is C10H19N3O4. The molecule has 0 aromatic rings. The van der Waals surface area contributed by atoms with Crippen molar-refractivity contribution in [3.63, 3.8) is 0 Å². The first-order valence-corrected chi connectivity index (χ1v) is 5.55. The quantitative estimate of drug-likeness (QED) is 0.387. The standard InChI is InChI=1S/C10H19N3O4/c1-6(2)3-8(11)9(14)16-5-7-4-13(12)10(15)17-7/h6-8H,3-5,11-12H2,1-2H3/t7-,8+/m1/s1. The Kier molecular flexibility index (Phi) is 4.71. The van der Waals surface area contributed by atoms with Crippen LogP contribution in [0.2, 0.25) is 0 Å². The summed E-state index contributed by atoms with van der Waals surface area (Å²) < 4.78 is 9.79. The molecule has 0 bridgehead atoms. The molecule has 0 aliphatic carbocycles. The maximum absolute atomic E-state index is 11.5. The molecule has 4 N–H and O–H groups in total. The summed E-state index contributed by atoms with van der Waals surface area (Å²) in [5.41, 5.74) is 5.64. The minimum Gasteiger partial charge on any atom is -0.461 e. The Hall–Kier alpha value is -1.34. The lowest BCUT2D eigenvalue weighted by Gasteiger charge is -2.14. The van der Waals surface area contributed by atoms with E-state index in [9.17, 15) is 9.59 Å². The second-order valence-corrected chi connectivity index (χ2v) is 4.52. The highest BCUT2D eigenvalue weighted by molar-refractivity contribution is 5.75. The normalized spacial score (nSPS) is 21.6. The van der Waals surface area contributed by atoms with Crippen LogP contribution in [0.4, 0.5) is 4.79 Å². The first kappa shape index (κ1) is 13.7. The predicted octanol–water partition coefficient (Wildman–Crippen LogP) is -0.402. The molecule has 7 nitrogen and oxygen atoms in total. The molecular weight excluding hydrogens is 226 g/mol. The first-order chi connectivity index (χ1) is 7.90. The Morgan fingerprint density at radius 1 is 1.65 bits per heavy atom. The Labute approximate surface area is 100.0 Å². The second kappa shape index (κ2) is 5.83. The van der Waals surface area contributed by atoms with Gasteiger partial charge in [-0.15, -0.1) is 0 Å². The van der Waals surface area contributed by atoms with Crippen molar-refractivity contribution in [3.8, 4) is 0 Å². The lowest BCUT2D eigenvalue weighted by molar-refractivity contribution is -0.148. The van der Waals surface area contributed by atoms with Crippen LogP contribution in [-0.2, 0) is 14.3 Å². The first-order valence-electron chi connectivity index (χ1n) is 5.55. The van der Waals surface area contributed by atoms with Crippen molar-refractivity contribution in [3.05, 3.63) is 0 Å². The molecule has 1 aliphatic heterocycles. The average Bonchev–Trinajstić information content (AvgIpc) is 2.54. The fourth-order valence-corrected chi connectivity index (χ4v) is 1.51. The largest absolute Gasteiger partial charge is 0.461 e. The Bertz CT molecular complexity index is 295. The summed E-state index contributed by atoms with van der Waals surface area (Å²) in [5, 5.41) is 0.937. The van der Waals surface area contributed by atoms with E-state index in [1.165, 1.54) is 0 Å². The molecule has 0 aromatic heterocycles. The van der Waals surface area contributed by atoms with E-state index in [0.717, 1.165) is 5.01 Å². The van der Waals surface area contributed by atoms with Gasteiger partial charge in [-0.25, -0.2) is 15.6 Å². The van der Waals surface area contributed by atoms with Crippen molar-refractivity contribution >= 4 is 12.1 Å². The summed E-state index contributed by atoms with van der Waals surface area (Å²) in [6.07, 6.45) is -0.563. The summed E-state index contributed by atoms with van der Waals surface area (Å²) >= 11 is 0. The van der Waals surface area contributed by atoms with Gasteiger partial charge in [-0.05, 0) is 12.3 Å². The van der Waals surface area contributed by atoms with Crippen LogP contribution in [-0.4, -0.2) is 42.4 Å². The van der Waals surface area contributed by atoms with E-state index in [4.69, 9.17) is 21.1 Å². The van der Waals surface area contributed by atoms with E-state index in [1.54, 1.807) is 0 Å². The molecule has 1 fully saturated rings. The number of carbonyl (C=O) groups is 2. The third-order valence-electron chi connectivity index (χ3n) is 2.34. The molecule has 7 heteroatoms. The zero-order valence-corrected chi connectivity index (χ0v) is 10.1. The Morgan fingerprint density at radius 3 is 2.76 bits per heavy atom. The molecule has 0 saturated carbocycles. The SMILES string of the molecule is CC(C)C[C@H](N)C(=O)OC[C@H]1CN(N)C(=O)O1. The second-order valence-electron chi connectivity index (χ2n) is 4.52. The van der Waals surface area contributed by atoms with Crippen LogP contribution in [0.3, 0.4) is 0 Å². The van der Waals surface area contributed by atoms with Gasteiger partial charge in [0.25, 0.3) is 0 Å². The van der Waals surface area contributed by atoms with Crippen LogP contribution >= 0.6 is 0 Å². The summed E-state index contributed by atoms with van der Waals surface area (Å²) in [5.74, 6) is 5.13. The van der Waals surface area contributed by atoms with Crippen molar-refractivity contribution in [2.24, 2.45) is 17.5 Å². The number of hydrazine groups is 1. The van der Waals surface area contributed by atoms with E-state index >= 15 is 0 Å². The number of amides is 1. The van der Waals surface area contributed by atoms with Gasteiger partial charge < -0.3 is 15.2 Å². The monoisotopic (exact) mass is 245 g/mol. The molecule has 1 rings (SSSR count). The van der Waals surface area contributed by atoms with Gasteiger partial charge in [0.05, 0.1) is 6.54 Å². The molecule has 0 aromatic carbocycles. The molecule has 98 valence electrons. The topological polar surface area (TPSA) is 108 Å². The maximum Gasteiger partial charge on any atom is 0.424 e. The van der Waals surface area contributed by atoms with Crippen molar-refractivity contribution in [2.45, 2.75) is 32.4 Å². The highest BCUT2D eigenvalue weighted by Crippen LogP contribution is 2.09. The highest BCUT2D eigenvalue weighted by Gasteiger charge is 2.30. The molecule has 1 heterocycles. The van der Waals surface area contributed by atoms with Crippen LogP contribution in [0.25, 0.3) is 0 Å². The third-order valence-corrected chi connectivity index (χ3v) is 2.34. The van der Waals surface area contributed by atoms with Crippen molar-refractivity contribution in [1.82, 2.24) is 5.01 Å². The van der Waals surface area contributed by atoms with Gasteiger partial charge in [-0.3, -0.25) is 4.79 Å². The van der Waals surface area contributed by atoms with Gasteiger partial charge in [0.2, 0.25) is 0 Å². The zero-order valence-electron chi connectivity index (χ0n) is 10.1. The van der Waals surface area contributed by atoms with Crippen LogP contribution in [0.15, 0.2) is 0 Å². The lowest BCUT2D eigenvalue weighted by Crippen LogP contribution is -2.36. The molecule has 0 unspecified atom stereocenters. The number of hydrogen-bond acceptors (Lipinski definition) is 6. The number of hydrogen-bond donors (Lipinski definition) is 2. The fourth-order valence-electron chi connectivity index (χ4n) is 1.51. The Balaban J connectivity index is 2.27. The van der Waals surface area contributed by atoms with Gasteiger partial charge >= 0.3 is 12.1 Å². The summed E-state index contributed by atoms with van der Waals surface area (Å²) in [4.78, 5) is 22.4. The number of carbonyl (C=O) groups excluding carboxylic acids is 2. The van der Waals surface area contributed by atoms with Crippen molar-refractivity contribution in [2.75, 3.05) is 13.2 Å².